The third-order valence-electron chi connectivity index (χ3n) is 3.74. The van der Waals surface area contributed by atoms with Crippen molar-refractivity contribution in [3.05, 3.63) is 0 Å². The van der Waals surface area contributed by atoms with Crippen molar-refractivity contribution in [1.82, 2.24) is 5.32 Å². The summed E-state index contributed by atoms with van der Waals surface area (Å²) < 4.78 is 23.3. The summed E-state index contributed by atoms with van der Waals surface area (Å²) in [5, 5.41) is 3.15. The van der Waals surface area contributed by atoms with E-state index in [9.17, 15) is 8.42 Å². The Bertz CT molecular complexity index is 333. The molecule has 0 aromatic carbocycles. The van der Waals surface area contributed by atoms with Crippen LogP contribution in [0.4, 0.5) is 0 Å². The molecule has 3 nitrogen and oxygen atoms in total. The summed E-state index contributed by atoms with van der Waals surface area (Å²) in [6.07, 6.45) is 4.89. The molecule has 102 valence electrons. The summed E-state index contributed by atoms with van der Waals surface area (Å²) in [5.74, 6) is 0.265. The lowest BCUT2D eigenvalue weighted by atomic mass is 9.75. The minimum Gasteiger partial charge on any atom is -0.313 e. The van der Waals surface area contributed by atoms with Gasteiger partial charge >= 0.3 is 0 Å². The standard InChI is InChI=1S/C13H27NO2S/c1-11(2)17(15,16)9-8-14-12-6-5-7-13(3,4)10-12/h11-12,14H,5-10H2,1-4H3. The van der Waals surface area contributed by atoms with Crippen molar-refractivity contribution in [3.63, 3.8) is 0 Å². The summed E-state index contributed by atoms with van der Waals surface area (Å²) in [4.78, 5) is 0. The molecule has 1 aliphatic carbocycles. The molecule has 0 amide bonds. The van der Waals surface area contributed by atoms with Gasteiger partial charge in [0.05, 0.1) is 11.0 Å². The summed E-state index contributed by atoms with van der Waals surface area (Å²) in [6.45, 7) is 8.69. The summed E-state index contributed by atoms with van der Waals surface area (Å²) in [7, 11) is -2.89. The zero-order valence-corrected chi connectivity index (χ0v) is 12.4. The minimum absolute atomic E-state index is 0.257. The van der Waals surface area contributed by atoms with Gasteiger partial charge in [-0.25, -0.2) is 8.42 Å². The SMILES string of the molecule is CC(C)S(=O)(=O)CCNC1CCCC(C)(C)C1. The molecule has 0 radical (unpaired) electrons. The molecule has 1 unspecified atom stereocenters. The van der Waals surface area contributed by atoms with Crippen LogP contribution in [0.5, 0.6) is 0 Å². The lowest BCUT2D eigenvalue weighted by Crippen LogP contribution is -2.40. The highest BCUT2D eigenvalue weighted by Crippen LogP contribution is 2.34. The molecule has 17 heavy (non-hydrogen) atoms. The summed E-state index contributed by atoms with van der Waals surface area (Å²) in [6, 6.07) is 0.501. The van der Waals surface area contributed by atoms with Gasteiger partial charge in [0, 0.05) is 12.6 Å². The first kappa shape index (κ1) is 15.0. The maximum absolute atomic E-state index is 11.7. The Balaban J connectivity index is 2.32. The van der Waals surface area contributed by atoms with E-state index < -0.39 is 9.84 Å². The summed E-state index contributed by atoms with van der Waals surface area (Å²) >= 11 is 0. The van der Waals surface area contributed by atoms with Crippen molar-refractivity contribution in [2.75, 3.05) is 12.3 Å². The van der Waals surface area contributed by atoms with Gasteiger partial charge in [-0.1, -0.05) is 20.3 Å². The molecular weight excluding hydrogens is 234 g/mol. The number of sulfone groups is 1. The number of nitrogens with one attached hydrogen (secondary N) is 1. The second-order valence-corrected chi connectivity index (χ2v) is 9.00. The van der Waals surface area contributed by atoms with E-state index in [1.54, 1.807) is 13.8 Å². The Hall–Kier alpha value is -0.0900. The van der Waals surface area contributed by atoms with E-state index in [4.69, 9.17) is 0 Å². The van der Waals surface area contributed by atoms with E-state index in [0.29, 0.717) is 18.0 Å². The molecule has 1 rings (SSSR count). The van der Waals surface area contributed by atoms with Crippen LogP contribution >= 0.6 is 0 Å². The van der Waals surface area contributed by atoms with Gasteiger partial charge in [-0.2, -0.15) is 0 Å². The van der Waals surface area contributed by atoms with Crippen LogP contribution in [0.25, 0.3) is 0 Å². The van der Waals surface area contributed by atoms with Gasteiger partial charge in [0.2, 0.25) is 0 Å². The Labute approximate surface area is 106 Å². The molecule has 0 saturated heterocycles. The Kier molecular flexibility index (Phi) is 5.02. The molecule has 1 N–H and O–H groups in total. The predicted octanol–water partition coefficient (Wildman–Crippen LogP) is 2.37. The van der Waals surface area contributed by atoms with E-state index in [0.717, 1.165) is 6.42 Å². The fourth-order valence-corrected chi connectivity index (χ4v) is 3.39. The molecule has 0 aliphatic heterocycles. The Morgan fingerprint density at radius 1 is 1.35 bits per heavy atom. The summed E-state index contributed by atoms with van der Waals surface area (Å²) in [5.41, 5.74) is 0.410. The second kappa shape index (κ2) is 5.70. The van der Waals surface area contributed by atoms with Crippen LogP contribution in [-0.2, 0) is 9.84 Å². The van der Waals surface area contributed by atoms with Crippen LogP contribution in [-0.4, -0.2) is 32.0 Å². The first-order chi connectivity index (χ1) is 7.73. The van der Waals surface area contributed by atoms with Crippen LogP contribution in [0.2, 0.25) is 0 Å². The van der Waals surface area contributed by atoms with Crippen LogP contribution in [0.1, 0.15) is 53.4 Å². The van der Waals surface area contributed by atoms with Crippen LogP contribution in [0.15, 0.2) is 0 Å². The maximum Gasteiger partial charge on any atom is 0.153 e. The number of rotatable bonds is 5. The van der Waals surface area contributed by atoms with Gasteiger partial charge < -0.3 is 5.32 Å². The molecule has 1 saturated carbocycles. The van der Waals surface area contributed by atoms with Crippen LogP contribution < -0.4 is 5.32 Å². The highest BCUT2D eigenvalue weighted by Gasteiger charge is 2.27. The van der Waals surface area contributed by atoms with Crippen LogP contribution in [0, 0.1) is 5.41 Å². The molecule has 0 bridgehead atoms. The smallest absolute Gasteiger partial charge is 0.153 e. The van der Waals surface area contributed by atoms with Gasteiger partial charge in [0.1, 0.15) is 0 Å². The molecule has 1 fully saturated rings. The molecule has 1 aliphatic rings. The molecular formula is C13H27NO2S. The lowest BCUT2D eigenvalue weighted by Gasteiger charge is -2.35. The lowest BCUT2D eigenvalue weighted by molar-refractivity contribution is 0.200. The van der Waals surface area contributed by atoms with Crippen molar-refractivity contribution in [1.29, 1.82) is 0 Å². The molecule has 0 heterocycles. The third-order valence-corrected chi connectivity index (χ3v) is 5.95. The van der Waals surface area contributed by atoms with Gasteiger partial charge in [0.15, 0.2) is 9.84 Å². The average molecular weight is 261 g/mol. The third kappa shape index (κ3) is 4.96. The van der Waals surface area contributed by atoms with E-state index in [1.165, 1.54) is 19.3 Å². The quantitative estimate of drug-likeness (QED) is 0.826. The minimum atomic E-state index is -2.89. The highest BCUT2D eigenvalue weighted by atomic mass is 32.2. The van der Waals surface area contributed by atoms with Gasteiger partial charge in [-0.3, -0.25) is 0 Å². The molecule has 0 aromatic heterocycles. The number of hydrogen-bond donors (Lipinski definition) is 1. The zero-order valence-electron chi connectivity index (χ0n) is 11.6. The first-order valence-electron chi connectivity index (χ1n) is 6.68. The van der Waals surface area contributed by atoms with Gasteiger partial charge in [-0.15, -0.1) is 0 Å². The normalized spacial score (nSPS) is 25.1. The van der Waals surface area contributed by atoms with Crippen molar-refractivity contribution in [2.24, 2.45) is 5.41 Å². The van der Waals surface area contributed by atoms with Gasteiger partial charge in [-0.05, 0) is 38.5 Å². The monoisotopic (exact) mass is 261 g/mol. The average Bonchev–Trinajstić information content (AvgIpc) is 2.15. The topological polar surface area (TPSA) is 46.2 Å². The zero-order chi connectivity index (χ0) is 13.1. The van der Waals surface area contributed by atoms with E-state index in [-0.39, 0.29) is 11.0 Å². The van der Waals surface area contributed by atoms with Gasteiger partial charge in [0.25, 0.3) is 0 Å². The Morgan fingerprint density at radius 2 is 2.00 bits per heavy atom. The first-order valence-corrected chi connectivity index (χ1v) is 8.39. The largest absolute Gasteiger partial charge is 0.313 e. The number of hydrogen-bond acceptors (Lipinski definition) is 3. The highest BCUT2D eigenvalue weighted by molar-refractivity contribution is 7.92. The molecule has 4 heteroatoms. The van der Waals surface area contributed by atoms with Crippen molar-refractivity contribution >= 4 is 9.84 Å². The molecule has 0 aromatic rings. The molecule has 1 atom stereocenters. The fraction of sp³-hybridized carbons (Fsp3) is 1.00. The van der Waals surface area contributed by atoms with E-state index in [1.807, 2.05) is 0 Å². The van der Waals surface area contributed by atoms with Crippen molar-refractivity contribution in [2.45, 2.75) is 64.7 Å². The fourth-order valence-electron chi connectivity index (χ4n) is 2.51. The van der Waals surface area contributed by atoms with E-state index in [2.05, 4.69) is 19.2 Å². The van der Waals surface area contributed by atoms with Crippen molar-refractivity contribution < 1.29 is 8.42 Å². The second-order valence-electron chi connectivity index (χ2n) is 6.33. The van der Waals surface area contributed by atoms with Crippen molar-refractivity contribution in [3.8, 4) is 0 Å². The van der Waals surface area contributed by atoms with Crippen LogP contribution in [0.3, 0.4) is 0 Å². The molecule has 0 spiro atoms. The van der Waals surface area contributed by atoms with E-state index >= 15 is 0 Å². The maximum atomic E-state index is 11.7. The predicted molar refractivity (Wildman–Crippen MR) is 73.0 cm³/mol. The Morgan fingerprint density at radius 3 is 2.53 bits per heavy atom.